The lowest BCUT2D eigenvalue weighted by Crippen LogP contribution is -2.45. The average molecular weight is 230 g/mol. The lowest BCUT2D eigenvalue weighted by molar-refractivity contribution is -0.121. The Morgan fingerprint density at radius 2 is 1.88 bits per heavy atom. The molecule has 0 saturated heterocycles. The highest BCUT2D eigenvalue weighted by Gasteiger charge is 2.14. The Labute approximate surface area is 99.1 Å². The van der Waals surface area contributed by atoms with E-state index >= 15 is 0 Å². The SMILES string of the molecule is CCOCC(NCC(=O)NC(C)C)C(C)C. The first-order valence-electron chi connectivity index (χ1n) is 6.07. The molecule has 0 spiro atoms. The topological polar surface area (TPSA) is 50.4 Å². The van der Waals surface area contributed by atoms with Crippen molar-refractivity contribution >= 4 is 5.91 Å². The summed E-state index contributed by atoms with van der Waals surface area (Å²) in [5.41, 5.74) is 0. The van der Waals surface area contributed by atoms with Crippen molar-refractivity contribution in [1.82, 2.24) is 10.6 Å². The molecular formula is C12H26N2O2. The van der Waals surface area contributed by atoms with Crippen molar-refractivity contribution in [1.29, 1.82) is 0 Å². The van der Waals surface area contributed by atoms with Gasteiger partial charge in [0.25, 0.3) is 0 Å². The molecule has 96 valence electrons. The van der Waals surface area contributed by atoms with Crippen LogP contribution in [0.4, 0.5) is 0 Å². The summed E-state index contributed by atoms with van der Waals surface area (Å²) in [6, 6.07) is 0.427. The van der Waals surface area contributed by atoms with Crippen molar-refractivity contribution in [3.8, 4) is 0 Å². The molecule has 0 aliphatic rings. The highest BCUT2D eigenvalue weighted by atomic mass is 16.5. The molecule has 4 nitrogen and oxygen atoms in total. The maximum absolute atomic E-state index is 11.4. The molecule has 0 bridgehead atoms. The van der Waals surface area contributed by atoms with Crippen molar-refractivity contribution in [3.05, 3.63) is 0 Å². The predicted octanol–water partition coefficient (Wildman–Crippen LogP) is 1.16. The van der Waals surface area contributed by atoms with Crippen LogP contribution < -0.4 is 10.6 Å². The number of amides is 1. The van der Waals surface area contributed by atoms with Gasteiger partial charge in [0.15, 0.2) is 0 Å². The summed E-state index contributed by atoms with van der Waals surface area (Å²) in [6.07, 6.45) is 0. The van der Waals surface area contributed by atoms with E-state index in [1.807, 2.05) is 20.8 Å². The normalized spacial score (nSPS) is 13.2. The number of hydrogen-bond acceptors (Lipinski definition) is 3. The third kappa shape index (κ3) is 7.65. The zero-order chi connectivity index (χ0) is 12.6. The van der Waals surface area contributed by atoms with Gasteiger partial charge >= 0.3 is 0 Å². The molecule has 0 aliphatic heterocycles. The second-order valence-electron chi connectivity index (χ2n) is 4.61. The summed E-state index contributed by atoms with van der Waals surface area (Å²) in [5, 5.41) is 6.07. The van der Waals surface area contributed by atoms with E-state index in [1.165, 1.54) is 0 Å². The fourth-order valence-corrected chi connectivity index (χ4v) is 1.33. The third-order valence-electron chi connectivity index (χ3n) is 2.28. The molecule has 0 heterocycles. The predicted molar refractivity (Wildman–Crippen MR) is 66.4 cm³/mol. The lowest BCUT2D eigenvalue weighted by atomic mass is 10.1. The monoisotopic (exact) mass is 230 g/mol. The number of ether oxygens (including phenoxy) is 1. The number of carbonyl (C=O) groups excluding carboxylic acids is 1. The van der Waals surface area contributed by atoms with Crippen LogP contribution in [0.1, 0.15) is 34.6 Å². The molecule has 0 radical (unpaired) electrons. The Bertz CT molecular complexity index is 193. The summed E-state index contributed by atoms with van der Waals surface area (Å²) in [7, 11) is 0. The smallest absolute Gasteiger partial charge is 0.234 e. The van der Waals surface area contributed by atoms with E-state index in [0.29, 0.717) is 25.7 Å². The van der Waals surface area contributed by atoms with E-state index in [2.05, 4.69) is 24.5 Å². The van der Waals surface area contributed by atoms with Crippen molar-refractivity contribution in [3.63, 3.8) is 0 Å². The zero-order valence-electron chi connectivity index (χ0n) is 11.2. The Kier molecular flexibility index (Phi) is 8.21. The number of carbonyl (C=O) groups is 1. The molecule has 4 heteroatoms. The van der Waals surface area contributed by atoms with Crippen LogP contribution in [0.2, 0.25) is 0 Å². The van der Waals surface area contributed by atoms with E-state index < -0.39 is 0 Å². The summed E-state index contributed by atoms with van der Waals surface area (Å²) < 4.78 is 5.38. The van der Waals surface area contributed by atoms with Crippen molar-refractivity contribution in [2.24, 2.45) is 5.92 Å². The van der Waals surface area contributed by atoms with E-state index in [9.17, 15) is 4.79 Å². The van der Waals surface area contributed by atoms with Gasteiger partial charge in [0, 0.05) is 18.7 Å². The Hall–Kier alpha value is -0.610. The Morgan fingerprint density at radius 1 is 1.25 bits per heavy atom. The fraction of sp³-hybridized carbons (Fsp3) is 0.917. The molecule has 16 heavy (non-hydrogen) atoms. The van der Waals surface area contributed by atoms with Gasteiger partial charge in [-0.1, -0.05) is 13.8 Å². The van der Waals surface area contributed by atoms with Crippen LogP contribution in [0.15, 0.2) is 0 Å². The quantitative estimate of drug-likeness (QED) is 0.658. The first kappa shape index (κ1) is 15.4. The fourth-order valence-electron chi connectivity index (χ4n) is 1.33. The summed E-state index contributed by atoms with van der Waals surface area (Å²) in [5.74, 6) is 0.496. The average Bonchev–Trinajstić information content (AvgIpc) is 2.16. The first-order valence-corrected chi connectivity index (χ1v) is 6.07. The van der Waals surface area contributed by atoms with Gasteiger partial charge in [-0.25, -0.2) is 0 Å². The van der Waals surface area contributed by atoms with Crippen LogP contribution in [0.3, 0.4) is 0 Å². The summed E-state index contributed by atoms with van der Waals surface area (Å²) >= 11 is 0. The molecule has 0 fully saturated rings. The minimum atomic E-state index is 0.0390. The molecule has 0 saturated carbocycles. The maximum atomic E-state index is 11.4. The van der Waals surface area contributed by atoms with E-state index in [-0.39, 0.29) is 18.0 Å². The molecule has 1 atom stereocenters. The van der Waals surface area contributed by atoms with Crippen LogP contribution in [-0.2, 0) is 9.53 Å². The highest BCUT2D eigenvalue weighted by molar-refractivity contribution is 5.78. The Morgan fingerprint density at radius 3 is 2.31 bits per heavy atom. The second kappa shape index (κ2) is 8.53. The summed E-state index contributed by atoms with van der Waals surface area (Å²) in [4.78, 5) is 11.4. The van der Waals surface area contributed by atoms with Crippen molar-refractivity contribution in [2.45, 2.75) is 46.7 Å². The van der Waals surface area contributed by atoms with Gasteiger partial charge in [0.05, 0.1) is 13.2 Å². The highest BCUT2D eigenvalue weighted by Crippen LogP contribution is 2.01. The largest absolute Gasteiger partial charge is 0.380 e. The Balaban J connectivity index is 3.87. The van der Waals surface area contributed by atoms with Gasteiger partial charge in [-0.3, -0.25) is 4.79 Å². The zero-order valence-corrected chi connectivity index (χ0v) is 11.2. The summed E-state index contributed by atoms with van der Waals surface area (Å²) in [6.45, 7) is 11.9. The maximum Gasteiger partial charge on any atom is 0.234 e. The number of nitrogens with one attached hydrogen (secondary N) is 2. The van der Waals surface area contributed by atoms with Gasteiger partial charge in [-0.15, -0.1) is 0 Å². The molecule has 2 N–H and O–H groups in total. The van der Waals surface area contributed by atoms with Crippen molar-refractivity contribution in [2.75, 3.05) is 19.8 Å². The van der Waals surface area contributed by atoms with E-state index in [4.69, 9.17) is 4.74 Å². The van der Waals surface area contributed by atoms with Crippen LogP contribution >= 0.6 is 0 Å². The molecular weight excluding hydrogens is 204 g/mol. The van der Waals surface area contributed by atoms with Gasteiger partial charge in [0.1, 0.15) is 0 Å². The van der Waals surface area contributed by atoms with Crippen LogP contribution in [-0.4, -0.2) is 37.7 Å². The van der Waals surface area contributed by atoms with Gasteiger partial charge in [0.2, 0.25) is 5.91 Å². The van der Waals surface area contributed by atoms with Crippen LogP contribution in [0.25, 0.3) is 0 Å². The van der Waals surface area contributed by atoms with E-state index in [1.54, 1.807) is 0 Å². The number of rotatable bonds is 8. The van der Waals surface area contributed by atoms with E-state index in [0.717, 1.165) is 0 Å². The van der Waals surface area contributed by atoms with Crippen molar-refractivity contribution < 1.29 is 9.53 Å². The van der Waals surface area contributed by atoms with Gasteiger partial charge in [-0.05, 0) is 26.7 Å². The molecule has 0 aliphatic carbocycles. The minimum Gasteiger partial charge on any atom is -0.380 e. The second-order valence-corrected chi connectivity index (χ2v) is 4.61. The molecule has 1 amide bonds. The standard InChI is InChI=1S/C12H26N2O2/c1-6-16-8-11(9(2)3)13-7-12(15)14-10(4)5/h9-11,13H,6-8H2,1-5H3,(H,14,15). The van der Waals surface area contributed by atoms with Gasteiger partial charge < -0.3 is 15.4 Å². The van der Waals surface area contributed by atoms with Crippen LogP contribution in [0, 0.1) is 5.92 Å². The van der Waals surface area contributed by atoms with Crippen LogP contribution in [0.5, 0.6) is 0 Å². The minimum absolute atomic E-state index is 0.0390. The molecule has 0 aromatic heterocycles. The van der Waals surface area contributed by atoms with Gasteiger partial charge in [-0.2, -0.15) is 0 Å². The first-order chi connectivity index (χ1) is 7.47. The lowest BCUT2D eigenvalue weighted by Gasteiger charge is -2.22. The number of hydrogen-bond donors (Lipinski definition) is 2. The molecule has 0 aromatic carbocycles. The molecule has 1 unspecified atom stereocenters. The third-order valence-corrected chi connectivity index (χ3v) is 2.28. The molecule has 0 rings (SSSR count). The molecule has 0 aromatic rings.